The number of nitrogens with one attached hydrogen (secondary N) is 2. The minimum Gasteiger partial charge on any atom is -0.445 e. The molecule has 4 heteroatoms. The highest BCUT2D eigenvalue weighted by atomic mass is 16.6. The van der Waals surface area contributed by atoms with Crippen LogP contribution in [-0.4, -0.2) is 31.3 Å². The summed E-state index contributed by atoms with van der Waals surface area (Å²) in [6.07, 6.45) is 6.62. The van der Waals surface area contributed by atoms with Gasteiger partial charge in [-0.25, -0.2) is 4.79 Å². The number of rotatable bonds is 2. The molecule has 2 rings (SSSR count). The lowest BCUT2D eigenvalue weighted by Gasteiger charge is -2.23. The van der Waals surface area contributed by atoms with Gasteiger partial charge in [-0.2, -0.15) is 0 Å². The van der Waals surface area contributed by atoms with Crippen LogP contribution in [0.2, 0.25) is 0 Å². The minimum absolute atomic E-state index is 0.0696. The number of carbonyl (C=O) groups excluding carboxylic acids is 1. The van der Waals surface area contributed by atoms with Crippen LogP contribution in [0.1, 0.15) is 38.5 Å². The number of hydrogen-bond acceptors (Lipinski definition) is 3. The van der Waals surface area contributed by atoms with Crippen molar-refractivity contribution in [2.24, 2.45) is 0 Å². The van der Waals surface area contributed by atoms with Crippen LogP contribution in [0.15, 0.2) is 0 Å². The van der Waals surface area contributed by atoms with Crippen LogP contribution in [0.5, 0.6) is 0 Å². The van der Waals surface area contributed by atoms with Crippen LogP contribution in [0.4, 0.5) is 4.79 Å². The van der Waals surface area contributed by atoms with Gasteiger partial charge in [-0.1, -0.05) is 12.8 Å². The van der Waals surface area contributed by atoms with Crippen LogP contribution in [0.3, 0.4) is 0 Å². The van der Waals surface area contributed by atoms with E-state index in [0.717, 1.165) is 38.8 Å². The summed E-state index contributed by atoms with van der Waals surface area (Å²) in [7, 11) is 0. The van der Waals surface area contributed by atoms with Crippen molar-refractivity contribution in [1.82, 2.24) is 10.6 Å². The summed E-state index contributed by atoms with van der Waals surface area (Å²) in [5.74, 6) is 0. The third kappa shape index (κ3) is 3.38. The van der Waals surface area contributed by atoms with Gasteiger partial charge in [-0.3, -0.25) is 0 Å². The van der Waals surface area contributed by atoms with Gasteiger partial charge in [-0.15, -0.1) is 0 Å². The van der Waals surface area contributed by atoms with E-state index in [1.54, 1.807) is 0 Å². The summed E-state index contributed by atoms with van der Waals surface area (Å²) in [5, 5.41) is 6.17. The Bertz CT molecular complexity index is 209. The minimum atomic E-state index is -0.226. The number of ether oxygens (including phenoxy) is 1. The van der Waals surface area contributed by atoms with E-state index < -0.39 is 0 Å². The molecular weight excluding hydrogens is 192 g/mol. The quantitative estimate of drug-likeness (QED) is 0.727. The van der Waals surface area contributed by atoms with E-state index in [2.05, 4.69) is 10.6 Å². The lowest BCUT2D eigenvalue weighted by Crippen LogP contribution is -2.41. The fourth-order valence-corrected chi connectivity index (χ4v) is 2.34. The zero-order valence-corrected chi connectivity index (χ0v) is 9.13. The van der Waals surface area contributed by atoms with Crippen molar-refractivity contribution >= 4 is 6.09 Å². The van der Waals surface area contributed by atoms with Gasteiger partial charge in [0.15, 0.2) is 0 Å². The van der Waals surface area contributed by atoms with Gasteiger partial charge in [0.2, 0.25) is 0 Å². The van der Waals surface area contributed by atoms with Crippen molar-refractivity contribution in [2.45, 2.75) is 50.7 Å². The first-order valence-electron chi connectivity index (χ1n) is 6.02. The number of alkyl carbamates (subject to hydrolysis) is 1. The second kappa shape index (κ2) is 5.35. The first-order chi connectivity index (χ1) is 7.34. The second-order valence-corrected chi connectivity index (χ2v) is 4.50. The molecule has 1 unspecified atom stereocenters. The maximum atomic E-state index is 11.5. The third-order valence-corrected chi connectivity index (χ3v) is 3.20. The van der Waals surface area contributed by atoms with Crippen molar-refractivity contribution < 1.29 is 9.53 Å². The zero-order chi connectivity index (χ0) is 10.5. The third-order valence-electron chi connectivity index (χ3n) is 3.20. The Morgan fingerprint density at radius 1 is 1.20 bits per heavy atom. The van der Waals surface area contributed by atoms with E-state index in [9.17, 15) is 4.79 Å². The molecule has 1 aliphatic heterocycles. The van der Waals surface area contributed by atoms with Crippen molar-refractivity contribution in [3.05, 3.63) is 0 Å². The number of hydrogen-bond donors (Lipinski definition) is 2. The Balaban J connectivity index is 1.66. The molecule has 0 aromatic carbocycles. The molecule has 1 aliphatic carbocycles. The molecule has 2 fully saturated rings. The standard InChI is InChI=1S/C11H20N2O2/c14-11(13-9-4-1-2-5-9)15-10-6-3-7-12-8-10/h9-10,12H,1-8H2,(H,13,14). The number of piperidine rings is 1. The van der Waals surface area contributed by atoms with E-state index >= 15 is 0 Å². The normalized spacial score (nSPS) is 27.6. The summed E-state index contributed by atoms with van der Waals surface area (Å²) in [6, 6.07) is 0.356. The van der Waals surface area contributed by atoms with E-state index in [-0.39, 0.29) is 12.2 Å². The Labute approximate surface area is 90.8 Å². The van der Waals surface area contributed by atoms with E-state index in [4.69, 9.17) is 4.74 Å². The molecule has 0 aromatic rings. The number of carbonyl (C=O) groups is 1. The molecule has 2 aliphatic rings. The Hall–Kier alpha value is -0.770. The van der Waals surface area contributed by atoms with Crippen LogP contribution >= 0.6 is 0 Å². The van der Waals surface area contributed by atoms with Gasteiger partial charge >= 0.3 is 6.09 Å². The largest absolute Gasteiger partial charge is 0.445 e. The highest BCUT2D eigenvalue weighted by molar-refractivity contribution is 5.67. The van der Waals surface area contributed by atoms with Crippen LogP contribution in [0.25, 0.3) is 0 Å². The van der Waals surface area contributed by atoms with E-state index in [1.807, 2.05) is 0 Å². The van der Waals surface area contributed by atoms with Crippen LogP contribution in [0, 0.1) is 0 Å². The molecule has 2 N–H and O–H groups in total. The highest BCUT2D eigenvalue weighted by Crippen LogP contribution is 2.18. The molecule has 1 heterocycles. The molecule has 15 heavy (non-hydrogen) atoms. The van der Waals surface area contributed by atoms with Crippen molar-refractivity contribution in [3.63, 3.8) is 0 Å². The maximum absolute atomic E-state index is 11.5. The zero-order valence-electron chi connectivity index (χ0n) is 9.13. The van der Waals surface area contributed by atoms with Crippen molar-refractivity contribution in [1.29, 1.82) is 0 Å². The smallest absolute Gasteiger partial charge is 0.407 e. The number of amides is 1. The first kappa shape index (κ1) is 10.7. The monoisotopic (exact) mass is 212 g/mol. The topological polar surface area (TPSA) is 50.4 Å². The van der Waals surface area contributed by atoms with Gasteiger partial charge in [0.25, 0.3) is 0 Å². The van der Waals surface area contributed by atoms with Crippen molar-refractivity contribution in [2.75, 3.05) is 13.1 Å². The molecule has 86 valence electrons. The molecule has 0 aromatic heterocycles. The van der Waals surface area contributed by atoms with E-state index in [0.29, 0.717) is 6.04 Å². The fraction of sp³-hybridized carbons (Fsp3) is 0.909. The molecule has 1 amide bonds. The van der Waals surface area contributed by atoms with Crippen molar-refractivity contribution in [3.8, 4) is 0 Å². The average Bonchev–Trinajstić information content (AvgIpc) is 2.71. The lowest BCUT2D eigenvalue weighted by molar-refractivity contribution is 0.0800. The van der Waals surface area contributed by atoms with E-state index in [1.165, 1.54) is 12.8 Å². The molecule has 0 bridgehead atoms. The molecule has 4 nitrogen and oxygen atoms in total. The highest BCUT2D eigenvalue weighted by Gasteiger charge is 2.21. The van der Waals surface area contributed by atoms with Crippen LogP contribution in [-0.2, 0) is 4.74 Å². The van der Waals surface area contributed by atoms with Crippen LogP contribution < -0.4 is 10.6 Å². The molecule has 0 spiro atoms. The lowest BCUT2D eigenvalue weighted by atomic mass is 10.1. The van der Waals surface area contributed by atoms with Gasteiger partial charge in [0, 0.05) is 12.6 Å². The van der Waals surface area contributed by atoms with Gasteiger partial charge in [0.05, 0.1) is 0 Å². The first-order valence-corrected chi connectivity index (χ1v) is 6.02. The molecular formula is C11H20N2O2. The molecule has 1 saturated carbocycles. The van der Waals surface area contributed by atoms with Gasteiger partial charge in [0.1, 0.15) is 6.10 Å². The molecule has 0 radical (unpaired) electrons. The Morgan fingerprint density at radius 3 is 2.67 bits per heavy atom. The maximum Gasteiger partial charge on any atom is 0.407 e. The molecule has 1 saturated heterocycles. The average molecular weight is 212 g/mol. The summed E-state index contributed by atoms with van der Waals surface area (Å²) in [6.45, 7) is 1.85. The van der Waals surface area contributed by atoms with Gasteiger partial charge in [-0.05, 0) is 32.2 Å². The predicted octanol–water partition coefficient (Wildman–Crippen LogP) is 1.41. The summed E-state index contributed by atoms with van der Waals surface area (Å²) in [4.78, 5) is 11.5. The SMILES string of the molecule is O=C(NC1CCCC1)OC1CCCNC1. The second-order valence-electron chi connectivity index (χ2n) is 4.50. The fourth-order valence-electron chi connectivity index (χ4n) is 2.34. The van der Waals surface area contributed by atoms with Gasteiger partial charge < -0.3 is 15.4 Å². The summed E-state index contributed by atoms with van der Waals surface area (Å²) in [5.41, 5.74) is 0. The summed E-state index contributed by atoms with van der Waals surface area (Å²) < 4.78 is 5.34. The Morgan fingerprint density at radius 2 is 2.00 bits per heavy atom. The molecule has 1 atom stereocenters. The predicted molar refractivity (Wildman–Crippen MR) is 57.8 cm³/mol. The Kier molecular flexibility index (Phi) is 3.83. The summed E-state index contributed by atoms with van der Waals surface area (Å²) >= 11 is 0.